The van der Waals surface area contributed by atoms with Gasteiger partial charge in [-0.15, -0.1) is 0 Å². The Hall–Kier alpha value is -0.810. The van der Waals surface area contributed by atoms with Gasteiger partial charge in [-0.25, -0.2) is 4.79 Å². The van der Waals surface area contributed by atoms with Gasteiger partial charge in [0.2, 0.25) is 0 Å². The fraction of sp³-hybridized carbons (Fsp3) is 0.947. The number of rotatable bonds is 7. The van der Waals surface area contributed by atoms with E-state index in [1.54, 1.807) is 0 Å². The Labute approximate surface area is 148 Å². The highest BCUT2D eigenvalue weighted by atomic mass is 16.2. The summed E-state index contributed by atoms with van der Waals surface area (Å²) >= 11 is 0. The zero-order valence-corrected chi connectivity index (χ0v) is 16.0. The smallest absolute Gasteiger partial charge is 0.314 e. The molecule has 5 heteroatoms. The van der Waals surface area contributed by atoms with Crippen molar-refractivity contribution in [3.05, 3.63) is 0 Å². The minimum Gasteiger partial charge on any atom is -0.338 e. The van der Waals surface area contributed by atoms with E-state index < -0.39 is 0 Å². The predicted molar refractivity (Wildman–Crippen MR) is 100 cm³/mol. The first-order chi connectivity index (χ1) is 11.6. The van der Waals surface area contributed by atoms with Crippen molar-refractivity contribution < 1.29 is 4.79 Å². The predicted octanol–water partition coefficient (Wildman–Crippen LogP) is 2.67. The molecule has 2 saturated heterocycles. The fourth-order valence-corrected chi connectivity index (χ4v) is 3.88. The minimum absolute atomic E-state index is 0.0149. The number of likely N-dealkylation sites (tertiary alicyclic amines) is 2. The van der Waals surface area contributed by atoms with Crippen molar-refractivity contribution in [3.63, 3.8) is 0 Å². The fourth-order valence-electron chi connectivity index (χ4n) is 3.88. The van der Waals surface area contributed by atoms with Gasteiger partial charge in [0.15, 0.2) is 0 Å². The molecule has 0 radical (unpaired) electrons. The molecule has 2 amide bonds. The van der Waals surface area contributed by atoms with E-state index in [-0.39, 0.29) is 6.03 Å². The first-order valence-electron chi connectivity index (χ1n) is 10.1. The standard InChI is InChI=1S/C19H38N4O/c1-16-8-13-23(14-9-16)18(3)15-21-19(24)20-10-6-12-22-11-5-4-7-17(22)2/h16-18H,4-15H2,1-3H3,(H2,20,21,24). The zero-order chi connectivity index (χ0) is 17.4. The van der Waals surface area contributed by atoms with Gasteiger partial charge in [0.1, 0.15) is 0 Å². The summed E-state index contributed by atoms with van der Waals surface area (Å²) in [5.74, 6) is 0.854. The summed E-state index contributed by atoms with van der Waals surface area (Å²) in [5, 5.41) is 6.04. The van der Waals surface area contributed by atoms with Crippen molar-refractivity contribution in [3.8, 4) is 0 Å². The van der Waals surface area contributed by atoms with E-state index in [2.05, 4.69) is 41.2 Å². The second-order valence-electron chi connectivity index (χ2n) is 7.94. The summed E-state index contributed by atoms with van der Waals surface area (Å²) in [4.78, 5) is 17.0. The average Bonchev–Trinajstić information content (AvgIpc) is 2.58. The number of nitrogens with one attached hydrogen (secondary N) is 2. The molecule has 2 unspecified atom stereocenters. The third-order valence-electron chi connectivity index (χ3n) is 5.85. The van der Waals surface area contributed by atoms with Crippen LogP contribution in [0.2, 0.25) is 0 Å². The number of urea groups is 1. The van der Waals surface area contributed by atoms with E-state index in [9.17, 15) is 4.79 Å². The third kappa shape index (κ3) is 6.60. The van der Waals surface area contributed by atoms with Crippen LogP contribution in [0.25, 0.3) is 0 Å². The van der Waals surface area contributed by atoms with Gasteiger partial charge in [0, 0.05) is 31.7 Å². The molecule has 0 aliphatic carbocycles. The van der Waals surface area contributed by atoms with Gasteiger partial charge in [-0.05, 0) is 71.5 Å². The van der Waals surface area contributed by atoms with Crippen molar-refractivity contribution >= 4 is 6.03 Å². The van der Waals surface area contributed by atoms with Gasteiger partial charge < -0.3 is 15.5 Å². The lowest BCUT2D eigenvalue weighted by Gasteiger charge is -2.35. The number of hydrogen-bond acceptors (Lipinski definition) is 3. The quantitative estimate of drug-likeness (QED) is 0.702. The zero-order valence-electron chi connectivity index (χ0n) is 16.0. The van der Waals surface area contributed by atoms with E-state index in [0.29, 0.717) is 12.1 Å². The van der Waals surface area contributed by atoms with E-state index in [1.807, 2.05) is 0 Å². The van der Waals surface area contributed by atoms with Gasteiger partial charge in [0.05, 0.1) is 0 Å². The maximum Gasteiger partial charge on any atom is 0.314 e. The molecule has 2 fully saturated rings. The maximum atomic E-state index is 11.9. The minimum atomic E-state index is -0.0149. The van der Waals surface area contributed by atoms with Crippen molar-refractivity contribution in [2.24, 2.45) is 5.92 Å². The van der Waals surface area contributed by atoms with Gasteiger partial charge in [-0.2, -0.15) is 0 Å². The maximum absolute atomic E-state index is 11.9. The van der Waals surface area contributed by atoms with Crippen LogP contribution in [-0.2, 0) is 0 Å². The number of piperidine rings is 2. The van der Waals surface area contributed by atoms with Crippen LogP contribution in [0.3, 0.4) is 0 Å². The van der Waals surface area contributed by atoms with Crippen LogP contribution < -0.4 is 10.6 Å². The lowest BCUT2D eigenvalue weighted by Crippen LogP contribution is -2.47. The Morgan fingerprint density at radius 1 is 1.08 bits per heavy atom. The van der Waals surface area contributed by atoms with E-state index in [4.69, 9.17) is 0 Å². The monoisotopic (exact) mass is 338 g/mol. The van der Waals surface area contributed by atoms with Crippen LogP contribution >= 0.6 is 0 Å². The number of hydrogen-bond donors (Lipinski definition) is 2. The Morgan fingerprint density at radius 3 is 2.54 bits per heavy atom. The molecule has 0 aromatic heterocycles. The molecule has 0 bridgehead atoms. The van der Waals surface area contributed by atoms with Gasteiger partial charge in [-0.3, -0.25) is 4.90 Å². The van der Waals surface area contributed by atoms with Crippen molar-refractivity contribution in [1.82, 2.24) is 20.4 Å². The van der Waals surface area contributed by atoms with Gasteiger partial charge >= 0.3 is 6.03 Å². The molecule has 140 valence electrons. The van der Waals surface area contributed by atoms with E-state index >= 15 is 0 Å². The molecule has 2 heterocycles. The summed E-state index contributed by atoms with van der Waals surface area (Å²) in [6.45, 7) is 13.0. The van der Waals surface area contributed by atoms with Crippen molar-refractivity contribution in [2.45, 2.75) is 71.4 Å². The third-order valence-corrected chi connectivity index (χ3v) is 5.85. The topological polar surface area (TPSA) is 47.6 Å². The summed E-state index contributed by atoms with van der Waals surface area (Å²) < 4.78 is 0. The molecule has 0 saturated carbocycles. The molecule has 2 atom stereocenters. The lowest BCUT2D eigenvalue weighted by atomic mass is 9.98. The molecule has 0 aromatic carbocycles. The Morgan fingerprint density at radius 2 is 1.83 bits per heavy atom. The van der Waals surface area contributed by atoms with Crippen LogP contribution in [0.1, 0.15) is 59.3 Å². The summed E-state index contributed by atoms with van der Waals surface area (Å²) in [7, 11) is 0. The van der Waals surface area contributed by atoms with Crippen LogP contribution in [-0.4, -0.2) is 67.2 Å². The Kier molecular flexibility index (Phi) is 8.33. The molecular formula is C19H38N4O. The second kappa shape index (κ2) is 10.2. The van der Waals surface area contributed by atoms with Crippen LogP contribution in [0.4, 0.5) is 4.79 Å². The molecule has 24 heavy (non-hydrogen) atoms. The number of amides is 2. The largest absolute Gasteiger partial charge is 0.338 e. The number of nitrogens with zero attached hydrogens (tertiary/aromatic N) is 2. The number of carbonyl (C=O) groups excluding carboxylic acids is 1. The van der Waals surface area contributed by atoms with E-state index in [0.717, 1.165) is 32.0 Å². The molecule has 2 N–H and O–H groups in total. The average molecular weight is 339 g/mol. The molecule has 0 aromatic rings. The molecule has 2 aliphatic rings. The Bertz CT molecular complexity index is 368. The summed E-state index contributed by atoms with van der Waals surface area (Å²) in [6, 6.07) is 1.12. The SMILES string of the molecule is CC1CCN(C(C)CNC(=O)NCCCN2CCCCC2C)CC1. The Balaban J connectivity index is 1.51. The van der Waals surface area contributed by atoms with Crippen LogP contribution in [0.15, 0.2) is 0 Å². The second-order valence-corrected chi connectivity index (χ2v) is 7.94. The summed E-state index contributed by atoms with van der Waals surface area (Å²) in [5.41, 5.74) is 0. The first-order valence-corrected chi connectivity index (χ1v) is 10.1. The molecule has 0 spiro atoms. The molecule has 2 rings (SSSR count). The lowest BCUT2D eigenvalue weighted by molar-refractivity contribution is 0.145. The summed E-state index contributed by atoms with van der Waals surface area (Å²) in [6.07, 6.45) is 7.62. The normalized spacial score (nSPS) is 25.4. The molecular weight excluding hydrogens is 300 g/mol. The van der Waals surface area contributed by atoms with E-state index in [1.165, 1.54) is 51.7 Å². The van der Waals surface area contributed by atoms with Gasteiger partial charge in [0.25, 0.3) is 0 Å². The molecule has 5 nitrogen and oxygen atoms in total. The number of carbonyl (C=O) groups is 1. The van der Waals surface area contributed by atoms with Crippen LogP contribution in [0, 0.1) is 5.92 Å². The van der Waals surface area contributed by atoms with Crippen molar-refractivity contribution in [1.29, 1.82) is 0 Å². The van der Waals surface area contributed by atoms with Crippen LogP contribution in [0.5, 0.6) is 0 Å². The highest BCUT2D eigenvalue weighted by Crippen LogP contribution is 2.18. The van der Waals surface area contributed by atoms with Crippen molar-refractivity contribution in [2.75, 3.05) is 39.3 Å². The first kappa shape index (κ1) is 19.5. The molecule has 2 aliphatic heterocycles. The van der Waals surface area contributed by atoms with Gasteiger partial charge in [-0.1, -0.05) is 13.3 Å². The highest BCUT2D eigenvalue weighted by molar-refractivity contribution is 5.73. The highest BCUT2D eigenvalue weighted by Gasteiger charge is 2.20.